The van der Waals surface area contributed by atoms with Crippen molar-refractivity contribution in [2.24, 2.45) is 11.7 Å². The lowest BCUT2D eigenvalue weighted by Crippen LogP contribution is -2.10. The minimum atomic E-state index is 0.561. The summed E-state index contributed by atoms with van der Waals surface area (Å²) in [6.45, 7) is 0.561. The van der Waals surface area contributed by atoms with Gasteiger partial charge in [-0.3, -0.25) is 0 Å². The molecule has 0 amide bonds. The first kappa shape index (κ1) is 11.7. The van der Waals surface area contributed by atoms with Crippen LogP contribution in [0.4, 0.5) is 0 Å². The molecule has 3 nitrogen and oxygen atoms in total. The van der Waals surface area contributed by atoms with Gasteiger partial charge in [-0.25, -0.2) is 4.98 Å². The molecule has 0 aliphatic heterocycles. The van der Waals surface area contributed by atoms with Crippen LogP contribution in [0.25, 0.3) is 11.0 Å². The van der Waals surface area contributed by atoms with Crippen LogP contribution in [0.1, 0.15) is 43.5 Å². The second kappa shape index (κ2) is 5.11. The fourth-order valence-corrected chi connectivity index (χ4v) is 3.07. The molecule has 1 aromatic carbocycles. The number of nitrogens with one attached hydrogen (secondary N) is 1. The van der Waals surface area contributed by atoms with Gasteiger partial charge in [0.05, 0.1) is 11.0 Å². The first-order chi connectivity index (χ1) is 8.86. The fourth-order valence-electron chi connectivity index (χ4n) is 3.07. The third-order valence-electron chi connectivity index (χ3n) is 4.07. The summed E-state index contributed by atoms with van der Waals surface area (Å²) >= 11 is 0. The van der Waals surface area contributed by atoms with Gasteiger partial charge in [0.25, 0.3) is 0 Å². The molecule has 2 aromatic rings. The van der Waals surface area contributed by atoms with Crippen molar-refractivity contribution in [2.45, 2.75) is 45.1 Å². The molecule has 1 fully saturated rings. The van der Waals surface area contributed by atoms with Crippen molar-refractivity contribution in [3.63, 3.8) is 0 Å². The molecule has 3 N–H and O–H groups in total. The summed E-state index contributed by atoms with van der Waals surface area (Å²) in [5.74, 6) is 1.96. The van der Waals surface area contributed by atoms with Gasteiger partial charge in [-0.05, 0) is 17.5 Å². The summed E-state index contributed by atoms with van der Waals surface area (Å²) in [5.41, 5.74) is 9.08. The van der Waals surface area contributed by atoms with Crippen LogP contribution in [-0.2, 0) is 13.0 Å². The summed E-state index contributed by atoms with van der Waals surface area (Å²) in [5, 5.41) is 0. The molecule has 1 heterocycles. The van der Waals surface area contributed by atoms with Gasteiger partial charge in [0.15, 0.2) is 0 Å². The molecule has 0 spiro atoms. The minimum absolute atomic E-state index is 0.561. The third kappa shape index (κ3) is 2.27. The number of nitrogens with two attached hydrogens (primary N) is 1. The Kier molecular flexibility index (Phi) is 3.33. The molecule has 1 saturated carbocycles. The van der Waals surface area contributed by atoms with E-state index in [-0.39, 0.29) is 0 Å². The van der Waals surface area contributed by atoms with Crippen LogP contribution in [0.3, 0.4) is 0 Å². The highest BCUT2D eigenvalue weighted by molar-refractivity contribution is 5.78. The van der Waals surface area contributed by atoms with E-state index >= 15 is 0 Å². The number of aromatic nitrogens is 2. The summed E-state index contributed by atoms with van der Waals surface area (Å²) in [4.78, 5) is 8.19. The average molecular weight is 243 g/mol. The van der Waals surface area contributed by atoms with Crippen molar-refractivity contribution in [3.8, 4) is 0 Å². The third-order valence-corrected chi connectivity index (χ3v) is 4.07. The molecule has 1 aliphatic rings. The molecule has 1 aromatic heterocycles. The van der Waals surface area contributed by atoms with Crippen LogP contribution in [-0.4, -0.2) is 9.97 Å². The van der Waals surface area contributed by atoms with E-state index in [1.807, 2.05) is 6.07 Å². The van der Waals surface area contributed by atoms with Crippen LogP contribution < -0.4 is 5.73 Å². The van der Waals surface area contributed by atoms with E-state index in [2.05, 4.69) is 17.1 Å². The normalized spacial score (nSPS) is 17.4. The second-order valence-electron chi connectivity index (χ2n) is 5.41. The Labute approximate surface area is 108 Å². The standard InChI is InChI=1S/C15H21N3/c16-10-12-7-4-8-13-15(12)18-14(17-13)9-11-5-2-1-3-6-11/h4,7-8,11H,1-3,5-6,9-10,16H2,(H,17,18). The Bertz CT molecular complexity index is 524. The first-order valence-corrected chi connectivity index (χ1v) is 7.03. The maximum Gasteiger partial charge on any atom is 0.107 e. The van der Waals surface area contributed by atoms with E-state index in [4.69, 9.17) is 10.7 Å². The molecule has 0 bridgehead atoms. The minimum Gasteiger partial charge on any atom is -0.342 e. The number of hydrogen-bond acceptors (Lipinski definition) is 2. The Balaban J connectivity index is 1.84. The smallest absolute Gasteiger partial charge is 0.107 e. The molecule has 18 heavy (non-hydrogen) atoms. The summed E-state index contributed by atoms with van der Waals surface area (Å²) in [6.07, 6.45) is 8.01. The molecule has 96 valence electrons. The predicted molar refractivity (Wildman–Crippen MR) is 74.3 cm³/mol. The van der Waals surface area contributed by atoms with Gasteiger partial charge in [-0.15, -0.1) is 0 Å². The van der Waals surface area contributed by atoms with E-state index in [9.17, 15) is 0 Å². The van der Waals surface area contributed by atoms with E-state index < -0.39 is 0 Å². The number of fused-ring (bicyclic) bond motifs is 1. The zero-order chi connectivity index (χ0) is 12.4. The fraction of sp³-hybridized carbons (Fsp3) is 0.533. The quantitative estimate of drug-likeness (QED) is 0.870. The zero-order valence-electron chi connectivity index (χ0n) is 10.8. The van der Waals surface area contributed by atoms with Crippen molar-refractivity contribution >= 4 is 11.0 Å². The number of benzene rings is 1. The van der Waals surface area contributed by atoms with Crippen LogP contribution in [0, 0.1) is 5.92 Å². The van der Waals surface area contributed by atoms with E-state index in [0.717, 1.165) is 34.8 Å². The van der Waals surface area contributed by atoms with Gasteiger partial charge in [-0.1, -0.05) is 44.2 Å². The highest BCUT2D eigenvalue weighted by Gasteiger charge is 2.16. The SMILES string of the molecule is NCc1cccc2[nH]c(CC3CCCCC3)nc12. The van der Waals surface area contributed by atoms with E-state index in [1.165, 1.54) is 32.1 Å². The largest absolute Gasteiger partial charge is 0.342 e. The predicted octanol–water partition coefficient (Wildman–Crippen LogP) is 3.14. The Hall–Kier alpha value is -1.35. The molecule has 3 rings (SSSR count). The second-order valence-corrected chi connectivity index (χ2v) is 5.41. The number of rotatable bonds is 3. The highest BCUT2D eigenvalue weighted by Crippen LogP contribution is 2.27. The molecule has 1 aliphatic carbocycles. The van der Waals surface area contributed by atoms with Gasteiger partial charge in [-0.2, -0.15) is 0 Å². The van der Waals surface area contributed by atoms with Crippen LogP contribution in [0.5, 0.6) is 0 Å². The lowest BCUT2D eigenvalue weighted by Gasteiger charge is -2.20. The number of hydrogen-bond donors (Lipinski definition) is 2. The molecule has 0 atom stereocenters. The van der Waals surface area contributed by atoms with Crippen molar-refractivity contribution in [1.82, 2.24) is 9.97 Å². The summed E-state index contributed by atoms with van der Waals surface area (Å²) in [7, 11) is 0. The number of H-pyrrole nitrogens is 1. The van der Waals surface area contributed by atoms with E-state index in [1.54, 1.807) is 0 Å². The van der Waals surface area contributed by atoms with Gasteiger partial charge in [0.2, 0.25) is 0 Å². The van der Waals surface area contributed by atoms with Gasteiger partial charge >= 0.3 is 0 Å². The highest BCUT2D eigenvalue weighted by atomic mass is 14.9. The summed E-state index contributed by atoms with van der Waals surface area (Å²) < 4.78 is 0. The molecular weight excluding hydrogens is 222 g/mol. The summed E-state index contributed by atoms with van der Waals surface area (Å²) in [6, 6.07) is 6.20. The Morgan fingerprint density at radius 2 is 2.06 bits per heavy atom. The lowest BCUT2D eigenvalue weighted by atomic mass is 9.87. The van der Waals surface area contributed by atoms with Crippen molar-refractivity contribution in [1.29, 1.82) is 0 Å². The average Bonchev–Trinajstić information content (AvgIpc) is 2.82. The number of imidazole rings is 1. The maximum absolute atomic E-state index is 5.76. The first-order valence-electron chi connectivity index (χ1n) is 7.03. The monoisotopic (exact) mass is 243 g/mol. The Morgan fingerprint density at radius 1 is 1.22 bits per heavy atom. The molecule has 0 radical (unpaired) electrons. The van der Waals surface area contributed by atoms with Gasteiger partial charge in [0, 0.05) is 13.0 Å². The number of aromatic amines is 1. The van der Waals surface area contributed by atoms with Crippen LogP contribution in [0.2, 0.25) is 0 Å². The van der Waals surface area contributed by atoms with Crippen molar-refractivity contribution < 1.29 is 0 Å². The molecule has 0 unspecified atom stereocenters. The number of para-hydroxylation sites is 1. The lowest BCUT2D eigenvalue weighted by molar-refractivity contribution is 0.352. The van der Waals surface area contributed by atoms with Crippen LogP contribution >= 0.6 is 0 Å². The topological polar surface area (TPSA) is 54.7 Å². The number of nitrogens with zero attached hydrogens (tertiary/aromatic N) is 1. The van der Waals surface area contributed by atoms with Crippen molar-refractivity contribution in [3.05, 3.63) is 29.6 Å². The molecular formula is C15H21N3. The molecule has 0 saturated heterocycles. The Morgan fingerprint density at radius 3 is 2.83 bits per heavy atom. The zero-order valence-corrected chi connectivity index (χ0v) is 10.8. The van der Waals surface area contributed by atoms with Gasteiger partial charge in [0.1, 0.15) is 5.82 Å². The van der Waals surface area contributed by atoms with Crippen molar-refractivity contribution in [2.75, 3.05) is 0 Å². The van der Waals surface area contributed by atoms with Gasteiger partial charge < -0.3 is 10.7 Å². The van der Waals surface area contributed by atoms with E-state index in [0.29, 0.717) is 6.54 Å². The molecule has 3 heteroatoms. The maximum atomic E-state index is 5.76. The van der Waals surface area contributed by atoms with Crippen LogP contribution in [0.15, 0.2) is 18.2 Å².